The zero-order chi connectivity index (χ0) is 17.4. The van der Waals surface area contributed by atoms with Gasteiger partial charge in [0.1, 0.15) is 11.5 Å². The lowest BCUT2D eigenvalue weighted by atomic mass is 10.2. The summed E-state index contributed by atoms with van der Waals surface area (Å²) in [5.41, 5.74) is 1.46. The summed E-state index contributed by atoms with van der Waals surface area (Å²) in [5.74, 6) is 1.24. The summed E-state index contributed by atoms with van der Waals surface area (Å²) in [6.07, 6.45) is 0.0410. The molecule has 24 heavy (non-hydrogen) atoms. The van der Waals surface area contributed by atoms with Crippen LogP contribution in [0, 0.1) is 0 Å². The van der Waals surface area contributed by atoms with E-state index in [9.17, 15) is 4.79 Å². The standard InChI is InChI=1S/C19H24N2O3/c1-4-23-17-11-7-5-9-15(17)20-13-19(22)21-16-10-6-8-12-18(16)24-14(2)3/h5-12,14,20H,4,13H2,1-3H3,(H,21,22). The monoisotopic (exact) mass is 328 g/mol. The number of hydrogen-bond acceptors (Lipinski definition) is 4. The second-order valence-electron chi connectivity index (χ2n) is 5.49. The molecule has 2 N–H and O–H groups in total. The van der Waals surface area contributed by atoms with Gasteiger partial charge in [-0.05, 0) is 45.0 Å². The molecule has 0 heterocycles. The maximum atomic E-state index is 12.2. The highest BCUT2D eigenvalue weighted by Gasteiger charge is 2.10. The van der Waals surface area contributed by atoms with Crippen molar-refractivity contribution < 1.29 is 14.3 Å². The summed E-state index contributed by atoms with van der Waals surface area (Å²) in [6, 6.07) is 15.0. The minimum atomic E-state index is -0.152. The SMILES string of the molecule is CCOc1ccccc1NCC(=O)Nc1ccccc1OC(C)C. The lowest BCUT2D eigenvalue weighted by molar-refractivity contribution is -0.114. The van der Waals surface area contributed by atoms with Gasteiger partial charge in [-0.15, -0.1) is 0 Å². The van der Waals surface area contributed by atoms with Crippen LogP contribution >= 0.6 is 0 Å². The molecule has 1 amide bonds. The second-order valence-corrected chi connectivity index (χ2v) is 5.49. The van der Waals surface area contributed by atoms with Gasteiger partial charge < -0.3 is 20.1 Å². The normalized spacial score (nSPS) is 10.3. The fourth-order valence-electron chi connectivity index (χ4n) is 2.19. The van der Waals surface area contributed by atoms with E-state index in [0.29, 0.717) is 18.0 Å². The van der Waals surface area contributed by atoms with Crippen LogP contribution in [0.1, 0.15) is 20.8 Å². The van der Waals surface area contributed by atoms with Gasteiger partial charge in [0.15, 0.2) is 0 Å². The summed E-state index contributed by atoms with van der Waals surface area (Å²) in [7, 11) is 0. The van der Waals surface area contributed by atoms with E-state index >= 15 is 0 Å². The molecule has 0 saturated heterocycles. The van der Waals surface area contributed by atoms with Gasteiger partial charge in [0.2, 0.25) is 5.91 Å². The van der Waals surface area contributed by atoms with Gasteiger partial charge >= 0.3 is 0 Å². The van der Waals surface area contributed by atoms with E-state index in [4.69, 9.17) is 9.47 Å². The Bertz CT molecular complexity index is 671. The van der Waals surface area contributed by atoms with Crippen molar-refractivity contribution in [3.63, 3.8) is 0 Å². The third-order valence-corrected chi connectivity index (χ3v) is 3.15. The molecule has 0 fully saturated rings. The Labute approximate surface area is 143 Å². The van der Waals surface area contributed by atoms with E-state index in [2.05, 4.69) is 10.6 Å². The zero-order valence-electron chi connectivity index (χ0n) is 14.3. The number of ether oxygens (including phenoxy) is 2. The maximum absolute atomic E-state index is 12.2. The zero-order valence-corrected chi connectivity index (χ0v) is 14.3. The molecule has 2 aromatic rings. The predicted molar refractivity (Wildman–Crippen MR) is 96.9 cm³/mol. The largest absolute Gasteiger partial charge is 0.492 e. The third-order valence-electron chi connectivity index (χ3n) is 3.15. The Kier molecular flexibility index (Phi) is 6.49. The number of benzene rings is 2. The Hall–Kier alpha value is -2.69. The molecule has 2 aromatic carbocycles. The Morgan fingerprint density at radius 3 is 2.29 bits per heavy atom. The van der Waals surface area contributed by atoms with Crippen LogP contribution in [0.15, 0.2) is 48.5 Å². The van der Waals surface area contributed by atoms with E-state index in [1.165, 1.54) is 0 Å². The van der Waals surface area contributed by atoms with Gasteiger partial charge in [0.05, 0.1) is 30.6 Å². The third kappa shape index (κ3) is 5.19. The highest BCUT2D eigenvalue weighted by atomic mass is 16.5. The molecule has 0 bridgehead atoms. The van der Waals surface area contributed by atoms with Crippen LogP contribution in [-0.4, -0.2) is 25.2 Å². The fraction of sp³-hybridized carbons (Fsp3) is 0.316. The summed E-state index contributed by atoms with van der Waals surface area (Å²) < 4.78 is 11.2. The second kappa shape index (κ2) is 8.82. The molecule has 2 rings (SSSR count). The Morgan fingerprint density at radius 1 is 1.00 bits per heavy atom. The van der Waals surface area contributed by atoms with Crippen molar-refractivity contribution in [3.05, 3.63) is 48.5 Å². The molecule has 128 valence electrons. The van der Waals surface area contributed by atoms with Gasteiger partial charge in [-0.1, -0.05) is 24.3 Å². The van der Waals surface area contributed by atoms with E-state index in [1.807, 2.05) is 69.3 Å². The molecule has 0 radical (unpaired) electrons. The molecule has 0 aliphatic carbocycles. The summed E-state index contributed by atoms with van der Waals surface area (Å²) in [6.45, 7) is 6.54. The molecule has 0 saturated carbocycles. The molecular weight excluding hydrogens is 304 g/mol. The number of amides is 1. The van der Waals surface area contributed by atoms with Crippen molar-refractivity contribution in [1.29, 1.82) is 0 Å². The number of anilines is 2. The number of rotatable bonds is 8. The molecule has 0 aliphatic rings. The molecule has 5 heteroatoms. The number of nitrogens with one attached hydrogen (secondary N) is 2. The van der Waals surface area contributed by atoms with Crippen molar-refractivity contribution in [2.24, 2.45) is 0 Å². The minimum Gasteiger partial charge on any atom is -0.492 e. The van der Waals surface area contributed by atoms with Crippen LogP contribution in [0.2, 0.25) is 0 Å². The molecule has 0 atom stereocenters. The molecule has 0 aliphatic heterocycles. The van der Waals surface area contributed by atoms with Crippen molar-refractivity contribution in [1.82, 2.24) is 0 Å². The Morgan fingerprint density at radius 2 is 1.62 bits per heavy atom. The lowest BCUT2D eigenvalue weighted by Gasteiger charge is -2.15. The number of hydrogen-bond donors (Lipinski definition) is 2. The first kappa shape index (κ1) is 17.7. The first-order valence-electron chi connectivity index (χ1n) is 8.11. The van der Waals surface area contributed by atoms with Crippen LogP contribution in [-0.2, 0) is 4.79 Å². The average molecular weight is 328 g/mol. The van der Waals surface area contributed by atoms with E-state index < -0.39 is 0 Å². The van der Waals surface area contributed by atoms with E-state index in [-0.39, 0.29) is 18.6 Å². The van der Waals surface area contributed by atoms with Crippen molar-refractivity contribution in [2.75, 3.05) is 23.8 Å². The van der Waals surface area contributed by atoms with Crippen molar-refractivity contribution in [2.45, 2.75) is 26.9 Å². The highest BCUT2D eigenvalue weighted by Crippen LogP contribution is 2.25. The number of carbonyl (C=O) groups is 1. The molecule has 5 nitrogen and oxygen atoms in total. The maximum Gasteiger partial charge on any atom is 0.243 e. The van der Waals surface area contributed by atoms with Crippen LogP contribution < -0.4 is 20.1 Å². The number of para-hydroxylation sites is 4. The van der Waals surface area contributed by atoms with Crippen LogP contribution in [0.5, 0.6) is 11.5 Å². The van der Waals surface area contributed by atoms with Gasteiger partial charge in [-0.2, -0.15) is 0 Å². The number of carbonyl (C=O) groups excluding carboxylic acids is 1. The first-order chi connectivity index (χ1) is 11.6. The van der Waals surface area contributed by atoms with Crippen molar-refractivity contribution in [3.8, 4) is 11.5 Å². The molecule has 0 unspecified atom stereocenters. The quantitative estimate of drug-likeness (QED) is 0.771. The van der Waals surface area contributed by atoms with Gasteiger partial charge in [0, 0.05) is 0 Å². The smallest absolute Gasteiger partial charge is 0.243 e. The van der Waals surface area contributed by atoms with Crippen LogP contribution in [0.3, 0.4) is 0 Å². The van der Waals surface area contributed by atoms with Crippen LogP contribution in [0.25, 0.3) is 0 Å². The molecule has 0 spiro atoms. The predicted octanol–water partition coefficient (Wildman–Crippen LogP) is 3.92. The summed E-state index contributed by atoms with van der Waals surface area (Å²) in [4.78, 5) is 12.2. The minimum absolute atomic E-state index is 0.0410. The van der Waals surface area contributed by atoms with Gasteiger partial charge in [0.25, 0.3) is 0 Å². The Balaban J connectivity index is 1.97. The van der Waals surface area contributed by atoms with Gasteiger partial charge in [-0.3, -0.25) is 4.79 Å². The van der Waals surface area contributed by atoms with Crippen molar-refractivity contribution >= 4 is 17.3 Å². The summed E-state index contributed by atoms with van der Waals surface area (Å²) >= 11 is 0. The van der Waals surface area contributed by atoms with E-state index in [0.717, 1.165) is 11.4 Å². The van der Waals surface area contributed by atoms with Crippen LogP contribution in [0.4, 0.5) is 11.4 Å². The average Bonchev–Trinajstić information content (AvgIpc) is 2.56. The summed E-state index contributed by atoms with van der Waals surface area (Å²) in [5, 5.41) is 5.97. The lowest BCUT2D eigenvalue weighted by Crippen LogP contribution is -2.22. The van der Waals surface area contributed by atoms with Gasteiger partial charge in [-0.25, -0.2) is 0 Å². The fourth-order valence-corrected chi connectivity index (χ4v) is 2.19. The topological polar surface area (TPSA) is 59.6 Å². The van der Waals surface area contributed by atoms with E-state index in [1.54, 1.807) is 0 Å². The first-order valence-corrected chi connectivity index (χ1v) is 8.11. The highest BCUT2D eigenvalue weighted by molar-refractivity contribution is 5.95. The molecule has 0 aromatic heterocycles. The molecular formula is C19H24N2O3.